The molecule has 1 nitrogen and oxygen atoms in total. The second kappa shape index (κ2) is 3.58. The van der Waals surface area contributed by atoms with E-state index in [4.69, 9.17) is 11.6 Å². The van der Waals surface area contributed by atoms with Crippen LogP contribution in [-0.4, -0.2) is 17.5 Å². The average molecular weight is 200 g/mol. The third-order valence-corrected chi connectivity index (χ3v) is 3.38. The van der Waals surface area contributed by atoms with Crippen LogP contribution in [0.4, 0.5) is 5.69 Å². The zero-order valence-electron chi connectivity index (χ0n) is 6.59. The summed E-state index contributed by atoms with van der Waals surface area (Å²) in [7, 11) is 0. The Kier molecular flexibility index (Phi) is 2.47. The molecule has 1 fully saturated rings. The molecule has 1 aromatic carbocycles. The molecule has 0 spiro atoms. The SMILES string of the molecule is Clc1ccc(NC2CSC2)cc1. The van der Waals surface area contributed by atoms with Crippen LogP contribution in [0.25, 0.3) is 0 Å². The lowest BCUT2D eigenvalue weighted by Gasteiger charge is -2.26. The smallest absolute Gasteiger partial charge is 0.0442 e. The minimum absolute atomic E-state index is 0.663. The first-order chi connectivity index (χ1) is 5.84. The van der Waals surface area contributed by atoms with Gasteiger partial charge in [-0.2, -0.15) is 11.8 Å². The molecule has 12 heavy (non-hydrogen) atoms. The Morgan fingerprint density at radius 2 is 1.92 bits per heavy atom. The molecule has 0 aromatic heterocycles. The largest absolute Gasteiger partial charge is 0.381 e. The summed E-state index contributed by atoms with van der Waals surface area (Å²) in [6.07, 6.45) is 0. The minimum Gasteiger partial charge on any atom is -0.381 e. The van der Waals surface area contributed by atoms with E-state index in [-0.39, 0.29) is 0 Å². The number of thioether (sulfide) groups is 1. The summed E-state index contributed by atoms with van der Waals surface area (Å²) in [5.41, 5.74) is 1.17. The van der Waals surface area contributed by atoms with Gasteiger partial charge in [0.05, 0.1) is 0 Å². The first-order valence-corrected chi connectivity index (χ1v) is 5.48. The van der Waals surface area contributed by atoms with Crippen LogP contribution >= 0.6 is 23.4 Å². The molecular weight excluding hydrogens is 190 g/mol. The highest BCUT2D eigenvalue weighted by Crippen LogP contribution is 2.22. The van der Waals surface area contributed by atoms with Crippen LogP contribution in [0, 0.1) is 0 Å². The van der Waals surface area contributed by atoms with Crippen LogP contribution < -0.4 is 5.32 Å². The Labute approximate surface area is 81.5 Å². The van der Waals surface area contributed by atoms with Gasteiger partial charge in [-0.25, -0.2) is 0 Å². The standard InChI is InChI=1S/C9H10ClNS/c10-7-1-3-8(4-2-7)11-9-5-12-6-9/h1-4,9,11H,5-6H2. The molecule has 1 heterocycles. The van der Waals surface area contributed by atoms with Gasteiger partial charge >= 0.3 is 0 Å². The van der Waals surface area contributed by atoms with Crippen molar-refractivity contribution in [3.8, 4) is 0 Å². The maximum absolute atomic E-state index is 5.76. The van der Waals surface area contributed by atoms with Crippen LogP contribution in [0.3, 0.4) is 0 Å². The Morgan fingerprint density at radius 3 is 2.42 bits per heavy atom. The first-order valence-electron chi connectivity index (χ1n) is 3.94. The fraction of sp³-hybridized carbons (Fsp3) is 0.333. The quantitative estimate of drug-likeness (QED) is 0.786. The summed E-state index contributed by atoms with van der Waals surface area (Å²) in [5, 5.41) is 4.22. The minimum atomic E-state index is 0.663. The molecule has 1 aliphatic rings. The maximum atomic E-state index is 5.76. The molecule has 0 radical (unpaired) electrons. The average Bonchev–Trinajstić information content (AvgIpc) is 2.00. The zero-order valence-corrected chi connectivity index (χ0v) is 8.16. The summed E-state index contributed by atoms with van der Waals surface area (Å²) in [6.45, 7) is 0. The number of halogens is 1. The molecule has 64 valence electrons. The zero-order chi connectivity index (χ0) is 8.39. The lowest BCUT2D eigenvalue weighted by atomic mass is 10.3. The Hall–Kier alpha value is -0.340. The summed E-state index contributed by atoms with van der Waals surface area (Å²) in [4.78, 5) is 0. The van der Waals surface area contributed by atoms with E-state index in [1.165, 1.54) is 17.2 Å². The Bertz CT molecular complexity index is 256. The van der Waals surface area contributed by atoms with Crippen molar-refractivity contribution >= 4 is 29.1 Å². The van der Waals surface area contributed by atoms with Gasteiger partial charge in [-0.3, -0.25) is 0 Å². The van der Waals surface area contributed by atoms with Crippen molar-refractivity contribution in [1.82, 2.24) is 0 Å². The number of nitrogens with one attached hydrogen (secondary N) is 1. The third kappa shape index (κ3) is 1.87. The molecule has 1 aromatic rings. The molecule has 1 aliphatic heterocycles. The number of anilines is 1. The van der Waals surface area contributed by atoms with Crippen molar-refractivity contribution in [2.45, 2.75) is 6.04 Å². The summed E-state index contributed by atoms with van der Waals surface area (Å²) in [6, 6.07) is 8.53. The summed E-state index contributed by atoms with van der Waals surface area (Å²) in [5.74, 6) is 2.45. The fourth-order valence-electron chi connectivity index (χ4n) is 1.10. The van der Waals surface area contributed by atoms with Gasteiger partial charge in [0.15, 0.2) is 0 Å². The Balaban J connectivity index is 1.98. The van der Waals surface area contributed by atoms with Crippen LogP contribution in [0.2, 0.25) is 5.02 Å². The third-order valence-electron chi connectivity index (χ3n) is 1.85. The van der Waals surface area contributed by atoms with Gasteiger partial charge < -0.3 is 5.32 Å². The molecule has 1 N–H and O–H groups in total. The normalized spacial score (nSPS) is 17.1. The number of hydrogen-bond donors (Lipinski definition) is 1. The van der Waals surface area contributed by atoms with Crippen molar-refractivity contribution in [2.24, 2.45) is 0 Å². The Morgan fingerprint density at radius 1 is 1.25 bits per heavy atom. The van der Waals surface area contributed by atoms with E-state index in [2.05, 4.69) is 5.32 Å². The molecule has 0 saturated carbocycles. The van der Waals surface area contributed by atoms with E-state index in [0.717, 1.165) is 5.02 Å². The van der Waals surface area contributed by atoms with Crippen LogP contribution in [0.5, 0.6) is 0 Å². The topological polar surface area (TPSA) is 12.0 Å². The number of hydrogen-bond acceptors (Lipinski definition) is 2. The van der Waals surface area contributed by atoms with Crippen molar-refractivity contribution < 1.29 is 0 Å². The van der Waals surface area contributed by atoms with Gasteiger partial charge in [-0.15, -0.1) is 0 Å². The van der Waals surface area contributed by atoms with Gasteiger partial charge in [0.2, 0.25) is 0 Å². The van der Waals surface area contributed by atoms with Gasteiger partial charge in [-0.1, -0.05) is 11.6 Å². The molecule has 3 heteroatoms. The van der Waals surface area contributed by atoms with Crippen molar-refractivity contribution in [3.63, 3.8) is 0 Å². The van der Waals surface area contributed by atoms with Crippen molar-refractivity contribution in [1.29, 1.82) is 0 Å². The fourth-order valence-corrected chi connectivity index (χ4v) is 1.86. The molecule has 0 bridgehead atoms. The molecule has 0 aliphatic carbocycles. The lowest BCUT2D eigenvalue weighted by Crippen LogP contribution is -2.33. The van der Waals surface area contributed by atoms with Crippen LogP contribution in [0.15, 0.2) is 24.3 Å². The highest BCUT2D eigenvalue weighted by atomic mass is 35.5. The van der Waals surface area contributed by atoms with Crippen molar-refractivity contribution in [2.75, 3.05) is 16.8 Å². The summed E-state index contributed by atoms with van der Waals surface area (Å²) < 4.78 is 0. The van der Waals surface area contributed by atoms with E-state index in [0.29, 0.717) is 6.04 Å². The number of benzene rings is 1. The van der Waals surface area contributed by atoms with Crippen molar-refractivity contribution in [3.05, 3.63) is 29.3 Å². The van der Waals surface area contributed by atoms with Gasteiger partial charge in [0.25, 0.3) is 0 Å². The van der Waals surface area contributed by atoms with E-state index in [1.54, 1.807) is 0 Å². The first kappa shape index (κ1) is 8.27. The lowest BCUT2D eigenvalue weighted by molar-refractivity contribution is 0.882. The van der Waals surface area contributed by atoms with E-state index >= 15 is 0 Å². The summed E-state index contributed by atoms with van der Waals surface area (Å²) >= 11 is 7.74. The van der Waals surface area contributed by atoms with Crippen LogP contribution in [0.1, 0.15) is 0 Å². The van der Waals surface area contributed by atoms with Gasteiger partial charge in [0.1, 0.15) is 0 Å². The molecule has 1 saturated heterocycles. The van der Waals surface area contributed by atoms with Gasteiger partial charge in [0, 0.05) is 28.3 Å². The highest BCUT2D eigenvalue weighted by molar-refractivity contribution is 8.00. The number of rotatable bonds is 2. The van der Waals surface area contributed by atoms with Crippen LogP contribution in [-0.2, 0) is 0 Å². The van der Waals surface area contributed by atoms with E-state index in [9.17, 15) is 0 Å². The van der Waals surface area contributed by atoms with Gasteiger partial charge in [-0.05, 0) is 24.3 Å². The molecule has 0 amide bonds. The molecule has 0 atom stereocenters. The molecular formula is C9H10ClNS. The van der Waals surface area contributed by atoms with E-state index in [1.807, 2.05) is 36.0 Å². The highest BCUT2D eigenvalue weighted by Gasteiger charge is 2.16. The molecule has 0 unspecified atom stereocenters. The molecule has 2 rings (SSSR count). The monoisotopic (exact) mass is 199 g/mol. The van der Waals surface area contributed by atoms with E-state index < -0.39 is 0 Å². The second-order valence-corrected chi connectivity index (χ2v) is 4.40. The maximum Gasteiger partial charge on any atom is 0.0442 e. The predicted octanol–water partition coefficient (Wildman–Crippen LogP) is 2.87. The second-order valence-electron chi connectivity index (χ2n) is 2.89. The predicted molar refractivity (Wildman–Crippen MR) is 56.2 cm³/mol.